The molecule has 0 spiro atoms. The van der Waals surface area contributed by atoms with Crippen LogP contribution < -0.4 is 5.32 Å². The highest BCUT2D eigenvalue weighted by Gasteiger charge is 2.25. The third-order valence-electron chi connectivity index (χ3n) is 5.15. The van der Waals surface area contributed by atoms with Crippen LogP contribution in [0.3, 0.4) is 0 Å². The van der Waals surface area contributed by atoms with E-state index in [2.05, 4.69) is 20.2 Å². The predicted molar refractivity (Wildman–Crippen MR) is 107 cm³/mol. The van der Waals surface area contributed by atoms with Gasteiger partial charge in [-0.3, -0.25) is 9.69 Å². The summed E-state index contributed by atoms with van der Waals surface area (Å²) < 4.78 is 0. The molecule has 0 bridgehead atoms. The topological polar surface area (TPSA) is 61.0 Å². The van der Waals surface area contributed by atoms with Gasteiger partial charge in [0, 0.05) is 17.5 Å². The maximum Gasteiger partial charge on any atom is 0.223 e. The Labute approximate surface area is 163 Å². The molecule has 3 aromatic rings. The number of benzene rings is 2. The molecule has 1 aromatic heterocycles. The predicted octanol–water partition coefficient (Wildman–Crippen LogP) is 3.74. The summed E-state index contributed by atoms with van der Waals surface area (Å²) >= 11 is 5.89. The maximum absolute atomic E-state index is 12.4. The number of fused-ring (bicyclic) bond motifs is 1. The first-order chi connectivity index (χ1) is 13.2. The largest absolute Gasteiger partial charge is 0.352 e. The number of carbonyl (C=O) groups excluding carboxylic acids is 1. The third kappa shape index (κ3) is 4.49. The van der Waals surface area contributed by atoms with Gasteiger partial charge >= 0.3 is 0 Å². The Bertz CT molecular complexity index is 880. The van der Waals surface area contributed by atoms with E-state index < -0.39 is 0 Å². The molecular weight excluding hydrogens is 360 g/mol. The highest BCUT2D eigenvalue weighted by molar-refractivity contribution is 6.30. The Morgan fingerprint density at radius 2 is 1.89 bits per heavy atom. The molecule has 0 atom stereocenters. The summed E-state index contributed by atoms with van der Waals surface area (Å²) in [5, 5.41) is 3.76. The number of hydrogen-bond acceptors (Lipinski definition) is 3. The van der Waals surface area contributed by atoms with E-state index in [1.165, 1.54) is 0 Å². The molecule has 140 valence electrons. The van der Waals surface area contributed by atoms with Crippen molar-refractivity contribution in [3.8, 4) is 0 Å². The van der Waals surface area contributed by atoms with Crippen molar-refractivity contribution in [3.63, 3.8) is 0 Å². The molecule has 4 rings (SSSR count). The van der Waals surface area contributed by atoms with Gasteiger partial charge in [0.2, 0.25) is 5.91 Å². The van der Waals surface area contributed by atoms with Crippen LogP contribution in [0.5, 0.6) is 0 Å². The Hall–Kier alpha value is -2.37. The Kier molecular flexibility index (Phi) is 5.41. The van der Waals surface area contributed by atoms with E-state index >= 15 is 0 Å². The summed E-state index contributed by atoms with van der Waals surface area (Å²) in [5.74, 6) is 1.22. The summed E-state index contributed by atoms with van der Waals surface area (Å²) in [7, 11) is 0. The molecule has 1 fully saturated rings. The number of aromatic nitrogens is 2. The van der Waals surface area contributed by atoms with Gasteiger partial charge in [0.05, 0.1) is 17.6 Å². The minimum absolute atomic E-state index is 0.0872. The zero-order valence-corrected chi connectivity index (χ0v) is 15.9. The molecule has 1 saturated heterocycles. The molecule has 0 saturated carbocycles. The van der Waals surface area contributed by atoms with Gasteiger partial charge in [-0.05, 0) is 55.8 Å². The fourth-order valence-corrected chi connectivity index (χ4v) is 3.71. The SMILES string of the molecule is O=C(NCc1ccc(Cl)cc1)C1CCN(Cc2nc3ccccc3[nH]2)CC1. The molecule has 1 aliphatic rings. The van der Waals surface area contributed by atoms with Gasteiger partial charge in [-0.1, -0.05) is 35.9 Å². The first-order valence-electron chi connectivity index (χ1n) is 9.35. The number of rotatable bonds is 5. The molecule has 0 unspecified atom stereocenters. The van der Waals surface area contributed by atoms with Gasteiger partial charge in [-0.2, -0.15) is 0 Å². The molecule has 6 heteroatoms. The van der Waals surface area contributed by atoms with Crippen molar-refractivity contribution in [1.82, 2.24) is 20.2 Å². The Balaban J connectivity index is 1.25. The molecule has 1 amide bonds. The van der Waals surface area contributed by atoms with Crippen LogP contribution in [0.1, 0.15) is 24.2 Å². The van der Waals surface area contributed by atoms with E-state index in [-0.39, 0.29) is 11.8 Å². The number of nitrogens with zero attached hydrogens (tertiary/aromatic N) is 2. The van der Waals surface area contributed by atoms with Crippen LogP contribution in [0.2, 0.25) is 5.02 Å². The zero-order valence-electron chi connectivity index (χ0n) is 15.1. The van der Waals surface area contributed by atoms with Crippen LogP contribution in [-0.4, -0.2) is 33.9 Å². The highest BCUT2D eigenvalue weighted by atomic mass is 35.5. The van der Waals surface area contributed by atoms with E-state index in [0.717, 1.165) is 54.9 Å². The number of amides is 1. The first-order valence-corrected chi connectivity index (χ1v) is 9.73. The number of nitrogens with one attached hydrogen (secondary N) is 2. The summed E-state index contributed by atoms with van der Waals surface area (Å²) in [6, 6.07) is 15.7. The summed E-state index contributed by atoms with van der Waals surface area (Å²) in [5.41, 5.74) is 3.14. The minimum atomic E-state index is 0.0872. The second kappa shape index (κ2) is 8.11. The quantitative estimate of drug-likeness (QED) is 0.706. The van der Waals surface area contributed by atoms with Crippen LogP contribution in [0.4, 0.5) is 0 Å². The highest BCUT2D eigenvalue weighted by Crippen LogP contribution is 2.20. The first kappa shape index (κ1) is 18.0. The maximum atomic E-state index is 12.4. The molecule has 2 N–H and O–H groups in total. The number of piperidine rings is 1. The number of H-pyrrole nitrogens is 1. The molecule has 0 aliphatic carbocycles. The van der Waals surface area contributed by atoms with E-state index in [0.29, 0.717) is 11.6 Å². The number of likely N-dealkylation sites (tertiary alicyclic amines) is 1. The molecule has 2 heterocycles. The van der Waals surface area contributed by atoms with E-state index in [1.807, 2.05) is 48.5 Å². The molecule has 2 aromatic carbocycles. The van der Waals surface area contributed by atoms with Gasteiger partial charge in [0.15, 0.2) is 0 Å². The van der Waals surface area contributed by atoms with Crippen molar-refractivity contribution >= 4 is 28.5 Å². The molecule has 0 radical (unpaired) electrons. The second-order valence-corrected chi connectivity index (χ2v) is 7.53. The van der Waals surface area contributed by atoms with Gasteiger partial charge in [0.1, 0.15) is 5.82 Å². The number of imidazole rings is 1. The lowest BCUT2D eigenvalue weighted by atomic mass is 9.96. The van der Waals surface area contributed by atoms with E-state index in [9.17, 15) is 4.79 Å². The smallest absolute Gasteiger partial charge is 0.223 e. The van der Waals surface area contributed by atoms with Crippen LogP contribution >= 0.6 is 11.6 Å². The van der Waals surface area contributed by atoms with Crippen LogP contribution in [0.15, 0.2) is 48.5 Å². The Morgan fingerprint density at radius 3 is 2.63 bits per heavy atom. The second-order valence-electron chi connectivity index (χ2n) is 7.10. The minimum Gasteiger partial charge on any atom is -0.352 e. The molecule has 1 aliphatic heterocycles. The summed E-state index contributed by atoms with van der Waals surface area (Å²) in [6.07, 6.45) is 1.76. The zero-order chi connectivity index (χ0) is 18.6. The van der Waals surface area contributed by atoms with Crippen molar-refractivity contribution in [2.24, 2.45) is 5.92 Å². The van der Waals surface area contributed by atoms with E-state index in [1.54, 1.807) is 0 Å². The van der Waals surface area contributed by atoms with Gasteiger partial charge < -0.3 is 10.3 Å². The van der Waals surface area contributed by atoms with Crippen LogP contribution in [0, 0.1) is 5.92 Å². The standard InChI is InChI=1S/C21H23ClN4O/c22-17-7-5-15(6-8-17)13-23-21(27)16-9-11-26(12-10-16)14-20-24-18-3-1-2-4-19(18)25-20/h1-8,16H,9-14H2,(H,23,27)(H,24,25). The lowest BCUT2D eigenvalue weighted by Crippen LogP contribution is -2.40. The summed E-state index contributed by atoms with van der Waals surface area (Å²) in [6.45, 7) is 3.18. The third-order valence-corrected chi connectivity index (χ3v) is 5.40. The van der Waals surface area contributed by atoms with Crippen molar-refractivity contribution in [2.75, 3.05) is 13.1 Å². The number of hydrogen-bond donors (Lipinski definition) is 2. The summed E-state index contributed by atoms with van der Waals surface area (Å²) in [4.78, 5) is 22.8. The average Bonchev–Trinajstić information content (AvgIpc) is 3.10. The van der Waals surface area contributed by atoms with Crippen molar-refractivity contribution in [1.29, 1.82) is 0 Å². The molecular formula is C21H23ClN4O. The molecule has 5 nitrogen and oxygen atoms in total. The van der Waals surface area contributed by atoms with Gasteiger partial charge in [0.25, 0.3) is 0 Å². The van der Waals surface area contributed by atoms with Crippen molar-refractivity contribution in [2.45, 2.75) is 25.9 Å². The van der Waals surface area contributed by atoms with Crippen molar-refractivity contribution in [3.05, 3.63) is 64.9 Å². The van der Waals surface area contributed by atoms with Crippen LogP contribution in [0.25, 0.3) is 11.0 Å². The van der Waals surface area contributed by atoms with Gasteiger partial charge in [-0.25, -0.2) is 4.98 Å². The number of aromatic amines is 1. The lowest BCUT2D eigenvalue weighted by Gasteiger charge is -2.30. The monoisotopic (exact) mass is 382 g/mol. The fraction of sp³-hybridized carbons (Fsp3) is 0.333. The Morgan fingerprint density at radius 1 is 1.15 bits per heavy atom. The van der Waals surface area contributed by atoms with Crippen molar-refractivity contribution < 1.29 is 4.79 Å². The number of carbonyl (C=O) groups is 1. The van der Waals surface area contributed by atoms with Crippen LogP contribution in [-0.2, 0) is 17.9 Å². The normalized spacial score (nSPS) is 15.9. The number of para-hydroxylation sites is 2. The fourth-order valence-electron chi connectivity index (χ4n) is 3.58. The average molecular weight is 383 g/mol. The van der Waals surface area contributed by atoms with E-state index in [4.69, 9.17) is 11.6 Å². The number of halogens is 1. The molecule has 27 heavy (non-hydrogen) atoms. The lowest BCUT2D eigenvalue weighted by molar-refractivity contribution is -0.126. The van der Waals surface area contributed by atoms with Gasteiger partial charge in [-0.15, -0.1) is 0 Å².